The first-order valence-corrected chi connectivity index (χ1v) is 12.3. The molecule has 170 valence electrons. The molecule has 0 radical (unpaired) electrons. The molecular weight excluding hydrogens is 436 g/mol. The largest absolute Gasteiger partial charge is 0.327 e. The maximum atomic E-state index is 12.7. The second-order valence-corrected chi connectivity index (χ2v) is 9.52. The molecule has 0 atom stereocenters. The number of fused-ring (bicyclic) bond motifs is 1. The van der Waals surface area contributed by atoms with Gasteiger partial charge in [0.1, 0.15) is 5.82 Å². The van der Waals surface area contributed by atoms with Gasteiger partial charge in [-0.3, -0.25) is 4.79 Å². The molecular formula is C25H26N4O3S. The van der Waals surface area contributed by atoms with Crippen molar-refractivity contribution in [2.45, 2.75) is 31.2 Å². The average molecular weight is 463 g/mol. The van der Waals surface area contributed by atoms with Gasteiger partial charge in [0.15, 0.2) is 0 Å². The van der Waals surface area contributed by atoms with E-state index in [4.69, 9.17) is 4.98 Å². The number of sulfonamides is 1. The van der Waals surface area contributed by atoms with Gasteiger partial charge in [-0.15, -0.1) is 0 Å². The van der Waals surface area contributed by atoms with E-state index in [0.717, 1.165) is 29.7 Å². The number of carbonyl (C=O) groups is 1. The number of nitrogens with zero attached hydrogens (tertiary/aromatic N) is 2. The van der Waals surface area contributed by atoms with Crippen molar-refractivity contribution in [3.63, 3.8) is 0 Å². The summed E-state index contributed by atoms with van der Waals surface area (Å²) >= 11 is 0. The van der Waals surface area contributed by atoms with E-state index in [0.29, 0.717) is 12.2 Å². The molecule has 0 fully saturated rings. The number of nitrogens with one attached hydrogen (secondary N) is 2. The summed E-state index contributed by atoms with van der Waals surface area (Å²) in [5, 5.41) is 2.63. The van der Waals surface area contributed by atoms with Crippen molar-refractivity contribution in [2.75, 3.05) is 11.9 Å². The highest BCUT2D eigenvalue weighted by Gasteiger charge is 2.15. The Balaban J connectivity index is 1.46. The Hall–Kier alpha value is -3.49. The number of benzene rings is 3. The van der Waals surface area contributed by atoms with Crippen LogP contribution in [0.4, 0.5) is 5.69 Å². The first-order valence-electron chi connectivity index (χ1n) is 10.8. The molecule has 8 heteroatoms. The predicted octanol–water partition coefficient (Wildman–Crippen LogP) is 3.76. The van der Waals surface area contributed by atoms with Crippen molar-refractivity contribution in [1.82, 2.24) is 14.3 Å². The van der Waals surface area contributed by atoms with Crippen molar-refractivity contribution in [3.8, 4) is 0 Å². The van der Waals surface area contributed by atoms with E-state index in [1.165, 1.54) is 24.6 Å². The Morgan fingerprint density at radius 3 is 2.33 bits per heavy atom. The first-order chi connectivity index (χ1) is 15.9. The lowest BCUT2D eigenvalue weighted by Gasteiger charge is -2.11. The zero-order valence-electron chi connectivity index (χ0n) is 18.4. The van der Waals surface area contributed by atoms with Crippen LogP contribution < -0.4 is 10.0 Å². The van der Waals surface area contributed by atoms with Gasteiger partial charge >= 0.3 is 0 Å². The van der Waals surface area contributed by atoms with Gasteiger partial charge < -0.3 is 9.88 Å². The number of para-hydroxylation sites is 2. The zero-order valence-corrected chi connectivity index (χ0v) is 19.2. The molecule has 2 N–H and O–H groups in total. The van der Waals surface area contributed by atoms with Crippen molar-refractivity contribution in [3.05, 3.63) is 90.3 Å². The zero-order chi connectivity index (χ0) is 23.3. The lowest BCUT2D eigenvalue weighted by molar-refractivity contribution is -0.114. The number of anilines is 1. The molecule has 4 aromatic rings. The second kappa shape index (κ2) is 9.97. The molecule has 4 rings (SSSR count). The third-order valence-corrected chi connectivity index (χ3v) is 6.80. The molecule has 0 spiro atoms. The molecule has 0 aliphatic rings. The molecule has 0 unspecified atom stereocenters. The fourth-order valence-corrected chi connectivity index (χ4v) is 4.78. The molecule has 0 aliphatic heterocycles. The van der Waals surface area contributed by atoms with Gasteiger partial charge in [0, 0.05) is 32.1 Å². The van der Waals surface area contributed by atoms with Gasteiger partial charge in [-0.2, -0.15) is 0 Å². The van der Waals surface area contributed by atoms with Crippen LogP contribution in [0.25, 0.3) is 11.0 Å². The highest BCUT2D eigenvalue weighted by molar-refractivity contribution is 7.89. The Kier molecular flexibility index (Phi) is 6.86. The maximum Gasteiger partial charge on any atom is 0.240 e. The predicted molar refractivity (Wildman–Crippen MR) is 130 cm³/mol. The van der Waals surface area contributed by atoms with E-state index in [1.54, 1.807) is 12.1 Å². The van der Waals surface area contributed by atoms with E-state index >= 15 is 0 Å². The van der Waals surface area contributed by atoms with Gasteiger partial charge in [-0.1, -0.05) is 42.5 Å². The quantitative estimate of drug-likeness (QED) is 0.396. The molecule has 1 heterocycles. The van der Waals surface area contributed by atoms with Crippen molar-refractivity contribution in [1.29, 1.82) is 0 Å². The number of aromatic nitrogens is 2. The SMILES string of the molecule is CC(=O)Nc1ccc(S(=O)(=O)NCCn2c(CCc3ccccc3)nc3ccccc32)cc1. The number of hydrogen-bond acceptors (Lipinski definition) is 4. The van der Waals surface area contributed by atoms with Crippen LogP contribution in [0.5, 0.6) is 0 Å². The van der Waals surface area contributed by atoms with E-state index in [9.17, 15) is 13.2 Å². The number of carbonyl (C=O) groups excluding carboxylic acids is 1. The molecule has 0 saturated carbocycles. The highest BCUT2D eigenvalue weighted by atomic mass is 32.2. The Labute approximate surface area is 193 Å². The number of amides is 1. The Bertz CT molecular complexity index is 1350. The summed E-state index contributed by atoms with van der Waals surface area (Å²) in [6.45, 7) is 2.10. The van der Waals surface area contributed by atoms with E-state index < -0.39 is 10.0 Å². The van der Waals surface area contributed by atoms with Crippen LogP contribution in [0.1, 0.15) is 18.3 Å². The van der Waals surface area contributed by atoms with Crippen LogP contribution in [-0.2, 0) is 34.2 Å². The van der Waals surface area contributed by atoms with Crippen LogP contribution in [-0.4, -0.2) is 30.4 Å². The third kappa shape index (κ3) is 5.66. The van der Waals surface area contributed by atoms with Crippen LogP contribution in [0, 0.1) is 0 Å². The number of hydrogen-bond donors (Lipinski definition) is 2. The number of imidazole rings is 1. The van der Waals surface area contributed by atoms with E-state index in [2.05, 4.69) is 26.7 Å². The van der Waals surface area contributed by atoms with Crippen LogP contribution in [0.15, 0.2) is 83.8 Å². The smallest absolute Gasteiger partial charge is 0.240 e. The van der Waals surface area contributed by atoms with E-state index in [-0.39, 0.29) is 17.3 Å². The molecule has 0 saturated heterocycles. The summed E-state index contributed by atoms with van der Waals surface area (Å²) in [5.41, 5.74) is 3.67. The lowest BCUT2D eigenvalue weighted by Crippen LogP contribution is -2.28. The molecule has 1 aromatic heterocycles. The van der Waals surface area contributed by atoms with Gasteiger partial charge in [0.2, 0.25) is 15.9 Å². The summed E-state index contributed by atoms with van der Waals surface area (Å²) in [5.74, 6) is 0.721. The molecule has 33 heavy (non-hydrogen) atoms. The summed E-state index contributed by atoms with van der Waals surface area (Å²) < 4.78 is 30.2. The van der Waals surface area contributed by atoms with Crippen LogP contribution in [0.3, 0.4) is 0 Å². The average Bonchev–Trinajstić information content (AvgIpc) is 3.16. The molecule has 0 aliphatic carbocycles. The molecule has 1 amide bonds. The van der Waals surface area contributed by atoms with Crippen LogP contribution in [0.2, 0.25) is 0 Å². The third-order valence-electron chi connectivity index (χ3n) is 5.33. The van der Waals surface area contributed by atoms with Crippen LogP contribution >= 0.6 is 0 Å². The summed E-state index contributed by atoms with van der Waals surface area (Å²) in [7, 11) is -3.68. The van der Waals surface area contributed by atoms with Gasteiger partial charge in [-0.05, 0) is 48.4 Å². The minimum Gasteiger partial charge on any atom is -0.327 e. The van der Waals surface area contributed by atoms with Crippen molar-refractivity contribution >= 4 is 32.7 Å². The Morgan fingerprint density at radius 2 is 1.61 bits per heavy atom. The first kappa shape index (κ1) is 22.7. The highest BCUT2D eigenvalue weighted by Crippen LogP contribution is 2.18. The molecule has 0 bridgehead atoms. The summed E-state index contributed by atoms with van der Waals surface area (Å²) in [6, 6.07) is 24.2. The minimum atomic E-state index is -3.68. The maximum absolute atomic E-state index is 12.7. The van der Waals surface area contributed by atoms with Gasteiger partial charge in [-0.25, -0.2) is 18.1 Å². The van der Waals surface area contributed by atoms with Gasteiger partial charge in [0.25, 0.3) is 0 Å². The number of rotatable bonds is 9. The molecule has 7 nitrogen and oxygen atoms in total. The fraction of sp³-hybridized carbons (Fsp3) is 0.200. The lowest BCUT2D eigenvalue weighted by atomic mass is 10.1. The standard InChI is InChI=1S/C25H26N4O3S/c1-19(30)27-21-12-14-22(15-13-21)33(31,32)26-17-18-29-24-10-6-5-9-23(24)28-25(29)16-11-20-7-3-2-4-8-20/h2-10,12-15,26H,11,16-18H2,1H3,(H,27,30). The fourth-order valence-electron chi connectivity index (χ4n) is 3.76. The van der Waals surface area contributed by atoms with Gasteiger partial charge in [0.05, 0.1) is 15.9 Å². The second-order valence-electron chi connectivity index (χ2n) is 7.76. The minimum absolute atomic E-state index is 0.149. The molecule has 3 aromatic carbocycles. The summed E-state index contributed by atoms with van der Waals surface area (Å²) in [4.78, 5) is 16.1. The number of aryl methyl sites for hydroxylation is 2. The normalized spacial score (nSPS) is 11.5. The Morgan fingerprint density at radius 1 is 0.909 bits per heavy atom. The van der Waals surface area contributed by atoms with E-state index in [1.807, 2.05) is 42.5 Å². The van der Waals surface area contributed by atoms with Crippen molar-refractivity contribution in [2.24, 2.45) is 0 Å². The monoisotopic (exact) mass is 462 g/mol. The summed E-state index contributed by atoms with van der Waals surface area (Å²) in [6.07, 6.45) is 1.62. The van der Waals surface area contributed by atoms with Crippen molar-refractivity contribution < 1.29 is 13.2 Å². The topological polar surface area (TPSA) is 93.1 Å².